The number of ether oxygens (including phenoxy) is 1. The van der Waals surface area contributed by atoms with Gasteiger partial charge >= 0.3 is 5.69 Å². The standard InChI is InChI=1S/C15H11BrClN3O5/c16-10-5-9(15(22)11(17)6-10)7-18-19-14(21)8-25-13-4-2-1-3-12(13)20(23)24/h1-7,22H,8H2,(H,19,21)/b18-7+. The molecule has 1 amide bonds. The van der Waals surface area contributed by atoms with Crippen LogP contribution in [0.5, 0.6) is 11.5 Å². The molecule has 0 bridgehead atoms. The van der Waals surface area contributed by atoms with Crippen LogP contribution in [-0.2, 0) is 4.79 Å². The Morgan fingerprint density at radius 2 is 2.16 bits per heavy atom. The second-order valence-corrected chi connectivity index (χ2v) is 5.96. The summed E-state index contributed by atoms with van der Waals surface area (Å²) in [6, 6.07) is 8.76. The van der Waals surface area contributed by atoms with Gasteiger partial charge in [0, 0.05) is 16.1 Å². The lowest BCUT2D eigenvalue weighted by Gasteiger charge is -2.05. The molecule has 0 saturated carbocycles. The van der Waals surface area contributed by atoms with Gasteiger partial charge in [0.1, 0.15) is 5.75 Å². The van der Waals surface area contributed by atoms with Gasteiger partial charge in [0.05, 0.1) is 16.2 Å². The third-order valence-electron chi connectivity index (χ3n) is 2.87. The lowest BCUT2D eigenvalue weighted by atomic mass is 10.2. The fourth-order valence-corrected chi connectivity index (χ4v) is 2.60. The highest BCUT2D eigenvalue weighted by molar-refractivity contribution is 9.10. The van der Waals surface area contributed by atoms with Gasteiger partial charge in [-0.1, -0.05) is 39.7 Å². The van der Waals surface area contributed by atoms with Crippen molar-refractivity contribution in [1.29, 1.82) is 0 Å². The van der Waals surface area contributed by atoms with Crippen LogP contribution in [0.15, 0.2) is 46.0 Å². The van der Waals surface area contributed by atoms with Crippen LogP contribution in [0.4, 0.5) is 5.69 Å². The molecule has 0 radical (unpaired) electrons. The van der Waals surface area contributed by atoms with E-state index in [-0.39, 0.29) is 22.2 Å². The minimum absolute atomic E-state index is 0.0250. The molecular formula is C15H11BrClN3O5. The minimum Gasteiger partial charge on any atom is -0.506 e. The zero-order chi connectivity index (χ0) is 18.4. The zero-order valence-electron chi connectivity index (χ0n) is 12.5. The number of rotatable bonds is 6. The number of hydrazone groups is 1. The van der Waals surface area contributed by atoms with Crippen LogP contribution in [0, 0.1) is 10.1 Å². The van der Waals surface area contributed by atoms with Crippen molar-refractivity contribution >= 4 is 45.3 Å². The summed E-state index contributed by atoms with van der Waals surface area (Å²) in [6.45, 7) is -0.465. The highest BCUT2D eigenvalue weighted by atomic mass is 79.9. The number of phenols is 1. The maximum Gasteiger partial charge on any atom is 0.310 e. The maximum absolute atomic E-state index is 11.7. The van der Waals surface area contributed by atoms with E-state index in [1.807, 2.05) is 0 Å². The van der Waals surface area contributed by atoms with Crippen LogP contribution in [0.25, 0.3) is 0 Å². The first-order valence-corrected chi connectivity index (χ1v) is 7.91. The van der Waals surface area contributed by atoms with Gasteiger partial charge in [-0.15, -0.1) is 0 Å². The van der Waals surface area contributed by atoms with Gasteiger partial charge in [0.25, 0.3) is 5.91 Å². The normalized spacial score (nSPS) is 10.6. The average molecular weight is 429 g/mol. The van der Waals surface area contributed by atoms with Crippen molar-refractivity contribution < 1.29 is 19.6 Å². The second kappa shape index (κ2) is 8.45. The molecule has 2 aromatic carbocycles. The average Bonchev–Trinajstić information content (AvgIpc) is 2.57. The Bertz CT molecular complexity index is 844. The van der Waals surface area contributed by atoms with E-state index in [1.54, 1.807) is 12.1 Å². The summed E-state index contributed by atoms with van der Waals surface area (Å²) in [6.07, 6.45) is 1.20. The number of aromatic hydroxyl groups is 1. The highest BCUT2D eigenvalue weighted by Crippen LogP contribution is 2.30. The van der Waals surface area contributed by atoms with E-state index in [1.165, 1.54) is 30.5 Å². The van der Waals surface area contributed by atoms with Crippen LogP contribution >= 0.6 is 27.5 Å². The molecule has 0 aliphatic heterocycles. The molecule has 2 N–H and O–H groups in total. The number of benzene rings is 2. The smallest absolute Gasteiger partial charge is 0.310 e. The number of hydrogen-bond donors (Lipinski definition) is 2. The first-order valence-electron chi connectivity index (χ1n) is 6.74. The molecule has 25 heavy (non-hydrogen) atoms. The minimum atomic E-state index is -0.630. The van der Waals surface area contributed by atoms with Crippen molar-refractivity contribution in [1.82, 2.24) is 5.43 Å². The van der Waals surface area contributed by atoms with E-state index < -0.39 is 17.4 Å². The Balaban J connectivity index is 1.95. The monoisotopic (exact) mass is 427 g/mol. The maximum atomic E-state index is 11.7. The van der Waals surface area contributed by atoms with Crippen LogP contribution in [0.1, 0.15) is 5.56 Å². The molecular weight excluding hydrogens is 418 g/mol. The fourth-order valence-electron chi connectivity index (χ4n) is 1.76. The van der Waals surface area contributed by atoms with Gasteiger partial charge < -0.3 is 9.84 Å². The lowest BCUT2D eigenvalue weighted by Crippen LogP contribution is -2.24. The van der Waals surface area contributed by atoms with Gasteiger partial charge in [0.2, 0.25) is 0 Å². The number of nitro groups is 1. The molecule has 8 nitrogen and oxygen atoms in total. The molecule has 0 aromatic heterocycles. The summed E-state index contributed by atoms with van der Waals surface area (Å²) in [5.74, 6) is -0.836. The van der Waals surface area contributed by atoms with Crippen LogP contribution < -0.4 is 10.2 Å². The van der Waals surface area contributed by atoms with Crippen molar-refractivity contribution in [3.63, 3.8) is 0 Å². The molecule has 0 unspecified atom stereocenters. The molecule has 0 spiro atoms. The number of carbonyl (C=O) groups is 1. The molecule has 130 valence electrons. The van der Waals surface area contributed by atoms with Gasteiger partial charge in [0.15, 0.2) is 12.4 Å². The van der Waals surface area contributed by atoms with Crippen molar-refractivity contribution in [3.8, 4) is 11.5 Å². The summed E-state index contributed by atoms with van der Waals surface area (Å²) in [5.41, 5.74) is 2.23. The highest BCUT2D eigenvalue weighted by Gasteiger charge is 2.14. The fraction of sp³-hybridized carbons (Fsp3) is 0.0667. The summed E-state index contributed by atoms with van der Waals surface area (Å²) in [4.78, 5) is 21.9. The summed E-state index contributed by atoms with van der Waals surface area (Å²) in [5, 5.41) is 24.4. The predicted octanol–water partition coefficient (Wildman–Crippen LogP) is 3.25. The van der Waals surface area contributed by atoms with Gasteiger partial charge in [-0.3, -0.25) is 14.9 Å². The Kier molecular flexibility index (Phi) is 6.31. The molecule has 0 saturated heterocycles. The van der Waals surface area contributed by atoms with E-state index in [9.17, 15) is 20.0 Å². The Labute approximate surface area is 155 Å². The zero-order valence-corrected chi connectivity index (χ0v) is 14.8. The number of nitrogens with one attached hydrogen (secondary N) is 1. The number of halogens is 2. The van der Waals surface area contributed by atoms with E-state index >= 15 is 0 Å². The van der Waals surface area contributed by atoms with Crippen LogP contribution in [0.3, 0.4) is 0 Å². The van der Waals surface area contributed by atoms with Gasteiger partial charge in [-0.05, 0) is 18.2 Å². The SMILES string of the molecule is O=C(COc1ccccc1[N+](=O)[O-])N/N=C/c1cc(Br)cc(Cl)c1O. The van der Waals surface area contributed by atoms with E-state index in [0.717, 1.165) is 0 Å². The van der Waals surface area contributed by atoms with Crippen molar-refractivity contribution in [2.45, 2.75) is 0 Å². The molecule has 2 aromatic rings. The first kappa shape index (κ1) is 18.7. The number of nitro benzene ring substituents is 1. The molecule has 0 aliphatic rings. The lowest BCUT2D eigenvalue weighted by molar-refractivity contribution is -0.385. The summed E-state index contributed by atoms with van der Waals surface area (Å²) >= 11 is 9.03. The number of para-hydroxylation sites is 2. The molecule has 0 fully saturated rings. The largest absolute Gasteiger partial charge is 0.506 e. The van der Waals surface area contributed by atoms with Crippen molar-refractivity contribution in [2.24, 2.45) is 5.10 Å². The molecule has 0 aliphatic carbocycles. The number of phenolic OH excluding ortho intramolecular Hbond substituents is 1. The second-order valence-electron chi connectivity index (χ2n) is 4.63. The van der Waals surface area contributed by atoms with Gasteiger partial charge in [-0.25, -0.2) is 5.43 Å². The quantitative estimate of drug-likeness (QED) is 0.416. The Hall–Kier alpha value is -2.65. The molecule has 2 rings (SSSR count). The molecule has 10 heteroatoms. The number of carbonyl (C=O) groups excluding carboxylic acids is 1. The summed E-state index contributed by atoms with van der Waals surface area (Å²) < 4.78 is 5.75. The third-order valence-corrected chi connectivity index (χ3v) is 3.62. The number of nitrogens with zero attached hydrogens (tertiary/aromatic N) is 2. The topological polar surface area (TPSA) is 114 Å². The van der Waals surface area contributed by atoms with E-state index in [4.69, 9.17) is 16.3 Å². The van der Waals surface area contributed by atoms with Gasteiger partial charge in [-0.2, -0.15) is 5.10 Å². The number of hydrogen-bond acceptors (Lipinski definition) is 6. The number of amides is 1. The van der Waals surface area contributed by atoms with E-state index in [0.29, 0.717) is 10.0 Å². The van der Waals surface area contributed by atoms with E-state index in [2.05, 4.69) is 26.5 Å². The van der Waals surface area contributed by atoms with Crippen molar-refractivity contribution in [2.75, 3.05) is 6.61 Å². The Morgan fingerprint density at radius 3 is 2.88 bits per heavy atom. The predicted molar refractivity (Wildman–Crippen MR) is 95.1 cm³/mol. The Morgan fingerprint density at radius 1 is 1.44 bits per heavy atom. The molecule has 0 atom stereocenters. The van der Waals surface area contributed by atoms with Crippen LogP contribution in [0.2, 0.25) is 5.02 Å². The molecule has 0 heterocycles. The third kappa shape index (κ3) is 5.16. The van der Waals surface area contributed by atoms with Crippen LogP contribution in [-0.4, -0.2) is 28.8 Å². The van der Waals surface area contributed by atoms with Crippen molar-refractivity contribution in [3.05, 3.63) is 61.6 Å². The summed E-state index contributed by atoms with van der Waals surface area (Å²) in [7, 11) is 0. The first-order chi connectivity index (χ1) is 11.9.